The summed E-state index contributed by atoms with van der Waals surface area (Å²) in [6.07, 6.45) is 1.78. The zero-order valence-corrected chi connectivity index (χ0v) is 9.73. The third kappa shape index (κ3) is 4.16. The van der Waals surface area contributed by atoms with Gasteiger partial charge in [-0.05, 0) is 17.1 Å². The van der Waals surface area contributed by atoms with E-state index in [0.29, 0.717) is 5.76 Å². The molecular formula is C12H22O. The molecule has 0 heterocycles. The molecule has 0 spiro atoms. The molecule has 0 bridgehead atoms. The number of rotatable bonds is 1. The maximum atomic E-state index is 9.72. The van der Waals surface area contributed by atoms with Crippen molar-refractivity contribution in [1.82, 2.24) is 0 Å². The number of aliphatic hydroxyl groups is 1. The van der Waals surface area contributed by atoms with Gasteiger partial charge in [0, 0.05) is 5.41 Å². The minimum atomic E-state index is -0.186. The molecule has 0 aromatic heterocycles. The summed E-state index contributed by atoms with van der Waals surface area (Å²) >= 11 is 0. The van der Waals surface area contributed by atoms with Gasteiger partial charge >= 0.3 is 0 Å². The zero-order valence-electron chi connectivity index (χ0n) is 9.73. The molecule has 0 rings (SSSR count). The summed E-state index contributed by atoms with van der Waals surface area (Å²) < 4.78 is 0. The van der Waals surface area contributed by atoms with Gasteiger partial charge in [0.1, 0.15) is 0 Å². The Kier molecular flexibility index (Phi) is 3.37. The normalized spacial score (nSPS) is 14.5. The lowest BCUT2D eigenvalue weighted by Crippen LogP contribution is -2.12. The van der Waals surface area contributed by atoms with Crippen LogP contribution in [0.2, 0.25) is 0 Å². The van der Waals surface area contributed by atoms with Crippen LogP contribution in [0.4, 0.5) is 0 Å². The van der Waals surface area contributed by atoms with Gasteiger partial charge in [-0.1, -0.05) is 48.1 Å². The lowest BCUT2D eigenvalue weighted by atomic mass is 9.84. The summed E-state index contributed by atoms with van der Waals surface area (Å²) in [4.78, 5) is 0. The Morgan fingerprint density at radius 3 is 1.62 bits per heavy atom. The summed E-state index contributed by atoms with van der Waals surface area (Å²) in [5, 5.41) is 9.72. The standard InChI is InChI=1S/C12H22O/c1-9(11(2,3)4)8-10(13)12(5,6)7/h8,13H,1H2,2-7H3. The Hall–Kier alpha value is -0.720. The van der Waals surface area contributed by atoms with E-state index in [4.69, 9.17) is 0 Å². The van der Waals surface area contributed by atoms with Gasteiger partial charge in [-0.15, -0.1) is 0 Å². The number of hydrogen-bond donors (Lipinski definition) is 1. The highest BCUT2D eigenvalue weighted by Crippen LogP contribution is 2.29. The smallest absolute Gasteiger partial charge is 0.0978 e. The molecule has 0 amide bonds. The van der Waals surface area contributed by atoms with Crippen molar-refractivity contribution >= 4 is 0 Å². The van der Waals surface area contributed by atoms with E-state index in [2.05, 4.69) is 27.4 Å². The van der Waals surface area contributed by atoms with Gasteiger partial charge in [0.15, 0.2) is 0 Å². The van der Waals surface area contributed by atoms with E-state index < -0.39 is 0 Å². The van der Waals surface area contributed by atoms with E-state index in [1.807, 2.05) is 20.8 Å². The summed E-state index contributed by atoms with van der Waals surface area (Å²) in [6, 6.07) is 0. The van der Waals surface area contributed by atoms with Crippen LogP contribution in [0.15, 0.2) is 24.0 Å². The second-order valence-corrected chi connectivity index (χ2v) is 5.55. The van der Waals surface area contributed by atoms with E-state index in [1.165, 1.54) is 0 Å². The Morgan fingerprint density at radius 1 is 1.00 bits per heavy atom. The van der Waals surface area contributed by atoms with E-state index in [-0.39, 0.29) is 10.8 Å². The molecule has 0 unspecified atom stereocenters. The SMILES string of the molecule is C=C(C=C(O)C(C)(C)C)C(C)(C)C. The van der Waals surface area contributed by atoms with Crippen molar-refractivity contribution in [2.45, 2.75) is 41.5 Å². The van der Waals surface area contributed by atoms with Crippen LogP contribution >= 0.6 is 0 Å². The average Bonchev–Trinajstić information content (AvgIpc) is 1.82. The van der Waals surface area contributed by atoms with Crippen LogP contribution in [0, 0.1) is 10.8 Å². The summed E-state index contributed by atoms with van der Waals surface area (Å²) in [5.74, 6) is 0.396. The van der Waals surface area contributed by atoms with Crippen molar-refractivity contribution in [2.75, 3.05) is 0 Å². The van der Waals surface area contributed by atoms with Gasteiger partial charge in [-0.3, -0.25) is 0 Å². The maximum absolute atomic E-state index is 9.72. The molecule has 0 aliphatic heterocycles. The molecule has 1 nitrogen and oxygen atoms in total. The third-order valence-electron chi connectivity index (χ3n) is 2.04. The Labute approximate surface area is 82.2 Å². The maximum Gasteiger partial charge on any atom is 0.0978 e. The topological polar surface area (TPSA) is 20.2 Å². The molecule has 0 saturated carbocycles. The summed E-state index contributed by atoms with van der Waals surface area (Å²) in [6.45, 7) is 16.1. The molecule has 0 aliphatic carbocycles. The van der Waals surface area contributed by atoms with Crippen molar-refractivity contribution in [1.29, 1.82) is 0 Å². The fourth-order valence-electron chi connectivity index (χ4n) is 0.598. The molecule has 76 valence electrons. The molecule has 1 N–H and O–H groups in total. The first-order valence-corrected chi connectivity index (χ1v) is 4.65. The minimum Gasteiger partial charge on any atom is -0.512 e. The van der Waals surface area contributed by atoms with Gasteiger partial charge in [0.05, 0.1) is 5.76 Å². The van der Waals surface area contributed by atoms with Gasteiger partial charge in [0.2, 0.25) is 0 Å². The third-order valence-corrected chi connectivity index (χ3v) is 2.04. The minimum absolute atomic E-state index is 0.0270. The highest BCUT2D eigenvalue weighted by molar-refractivity contribution is 5.24. The van der Waals surface area contributed by atoms with Crippen molar-refractivity contribution in [2.24, 2.45) is 10.8 Å². The van der Waals surface area contributed by atoms with Crippen molar-refractivity contribution in [3.05, 3.63) is 24.0 Å². The largest absolute Gasteiger partial charge is 0.512 e. The van der Waals surface area contributed by atoms with E-state index >= 15 is 0 Å². The van der Waals surface area contributed by atoms with Crippen LogP contribution in [0.1, 0.15) is 41.5 Å². The van der Waals surface area contributed by atoms with E-state index in [0.717, 1.165) is 5.57 Å². The highest BCUT2D eigenvalue weighted by Gasteiger charge is 2.19. The quantitative estimate of drug-likeness (QED) is 0.478. The molecule has 0 aromatic carbocycles. The van der Waals surface area contributed by atoms with Crippen LogP contribution in [-0.4, -0.2) is 5.11 Å². The molecular weight excluding hydrogens is 160 g/mol. The predicted octanol–water partition coefficient (Wildman–Crippen LogP) is 4.08. The van der Waals surface area contributed by atoms with Crippen molar-refractivity contribution in [3.8, 4) is 0 Å². The van der Waals surface area contributed by atoms with Crippen LogP contribution in [0.25, 0.3) is 0 Å². The van der Waals surface area contributed by atoms with E-state index in [9.17, 15) is 5.11 Å². The second kappa shape index (κ2) is 3.57. The van der Waals surface area contributed by atoms with Gasteiger partial charge < -0.3 is 5.11 Å². The summed E-state index contributed by atoms with van der Waals surface area (Å²) in [5.41, 5.74) is 0.799. The highest BCUT2D eigenvalue weighted by atomic mass is 16.3. The molecule has 0 fully saturated rings. The molecule has 0 atom stereocenters. The van der Waals surface area contributed by atoms with E-state index in [1.54, 1.807) is 6.08 Å². The Balaban J connectivity index is 4.70. The fraction of sp³-hybridized carbons (Fsp3) is 0.667. The molecule has 0 aromatic rings. The van der Waals surface area contributed by atoms with Crippen molar-refractivity contribution in [3.63, 3.8) is 0 Å². The average molecular weight is 182 g/mol. The van der Waals surface area contributed by atoms with Crippen molar-refractivity contribution < 1.29 is 5.11 Å². The molecule has 0 aliphatic rings. The monoisotopic (exact) mass is 182 g/mol. The first kappa shape index (κ1) is 12.3. The molecule has 0 saturated heterocycles. The lowest BCUT2D eigenvalue weighted by Gasteiger charge is -2.22. The van der Waals surface area contributed by atoms with Crippen LogP contribution < -0.4 is 0 Å². The first-order valence-electron chi connectivity index (χ1n) is 4.65. The Bertz CT molecular complexity index is 220. The predicted molar refractivity (Wildman–Crippen MR) is 58.8 cm³/mol. The second-order valence-electron chi connectivity index (χ2n) is 5.55. The number of hydrogen-bond acceptors (Lipinski definition) is 1. The Morgan fingerprint density at radius 2 is 1.38 bits per heavy atom. The van der Waals surface area contributed by atoms with Gasteiger partial charge in [0.25, 0.3) is 0 Å². The lowest BCUT2D eigenvalue weighted by molar-refractivity contribution is 0.275. The van der Waals surface area contributed by atoms with Crippen LogP contribution in [0.3, 0.4) is 0 Å². The first-order chi connectivity index (χ1) is 5.55. The number of allylic oxidation sites excluding steroid dienone is 3. The van der Waals surface area contributed by atoms with Gasteiger partial charge in [-0.25, -0.2) is 0 Å². The molecule has 1 heteroatoms. The summed E-state index contributed by atoms with van der Waals surface area (Å²) in [7, 11) is 0. The van der Waals surface area contributed by atoms with Crippen LogP contribution in [-0.2, 0) is 0 Å². The molecule has 13 heavy (non-hydrogen) atoms. The fourth-order valence-corrected chi connectivity index (χ4v) is 0.598. The van der Waals surface area contributed by atoms with Crippen LogP contribution in [0.5, 0.6) is 0 Å². The zero-order chi connectivity index (χ0) is 10.9. The number of aliphatic hydroxyl groups excluding tert-OH is 1. The molecule has 0 radical (unpaired) electrons. The van der Waals surface area contributed by atoms with Gasteiger partial charge in [-0.2, -0.15) is 0 Å².